The number of amides is 2. The fourth-order valence-electron chi connectivity index (χ4n) is 0.709. The average molecular weight is 157 g/mol. The lowest BCUT2D eigenvalue weighted by Gasteiger charge is -2.09. The first kappa shape index (κ1) is 8.00. The summed E-state index contributed by atoms with van der Waals surface area (Å²) in [5.74, 6) is 3.30. The van der Waals surface area contributed by atoms with Crippen LogP contribution in [0.5, 0.6) is 0 Å². The zero-order valence-electron chi connectivity index (χ0n) is 6.31. The maximum Gasteiger partial charge on any atom is 0.323 e. The molecule has 2 amide bonds. The van der Waals surface area contributed by atoms with Gasteiger partial charge in [0.25, 0.3) is 0 Å². The summed E-state index contributed by atoms with van der Waals surface area (Å²) < 4.78 is 0. The van der Waals surface area contributed by atoms with Crippen LogP contribution in [-0.2, 0) is 9.59 Å². The van der Waals surface area contributed by atoms with Gasteiger partial charge in [-0.15, -0.1) is 0 Å². The number of nitrogens with two attached hydrogens (primary N) is 1. The minimum absolute atomic E-state index is 0.163. The molecule has 62 valence electrons. The van der Waals surface area contributed by atoms with E-state index in [1.165, 1.54) is 0 Å². The Bertz CT molecular complexity index is 198. The summed E-state index contributed by atoms with van der Waals surface area (Å²) in [6, 6.07) is 0. The highest BCUT2D eigenvalue weighted by Crippen LogP contribution is 2.33. The summed E-state index contributed by atoms with van der Waals surface area (Å²) in [4.78, 5) is 21.4. The summed E-state index contributed by atoms with van der Waals surface area (Å²) in [6.07, 6.45) is 1.85. The lowest BCUT2D eigenvalue weighted by Crippen LogP contribution is -2.46. The maximum atomic E-state index is 10.8. The van der Waals surface area contributed by atoms with Gasteiger partial charge in [-0.25, -0.2) is 5.84 Å². The highest BCUT2D eigenvalue weighted by molar-refractivity contribution is 6.35. The van der Waals surface area contributed by atoms with Gasteiger partial charge < -0.3 is 5.32 Å². The molecule has 0 aromatic rings. The number of carbonyl (C=O) groups is 2. The largest absolute Gasteiger partial charge is 0.343 e. The second kappa shape index (κ2) is 2.50. The number of hydrogen-bond donors (Lipinski definition) is 3. The Morgan fingerprint density at radius 1 is 1.36 bits per heavy atom. The third-order valence-electron chi connectivity index (χ3n) is 1.75. The summed E-state index contributed by atoms with van der Waals surface area (Å²) in [7, 11) is 0. The van der Waals surface area contributed by atoms with Crippen LogP contribution in [0.1, 0.15) is 19.8 Å². The molecule has 5 nitrogen and oxygen atoms in total. The summed E-state index contributed by atoms with van der Waals surface area (Å²) in [5, 5.41) is 2.55. The van der Waals surface area contributed by atoms with Gasteiger partial charge in [-0.1, -0.05) is 0 Å². The molecule has 0 aromatic carbocycles. The molecular weight excluding hydrogens is 146 g/mol. The number of hydrazine groups is 1. The molecule has 0 atom stereocenters. The van der Waals surface area contributed by atoms with Crippen molar-refractivity contribution in [1.82, 2.24) is 10.7 Å². The Labute approximate surface area is 64.3 Å². The minimum atomic E-state index is -0.793. The van der Waals surface area contributed by atoms with Crippen LogP contribution in [0.15, 0.2) is 0 Å². The predicted molar refractivity (Wildman–Crippen MR) is 38.1 cm³/mol. The third kappa shape index (κ3) is 1.91. The molecule has 1 fully saturated rings. The Morgan fingerprint density at radius 3 is 2.27 bits per heavy atom. The van der Waals surface area contributed by atoms with E-state index in [1.807, 2.05) is 6.92 Å². The van der Waals surface area contributed by atoms with Crippen LogP contribution in [0.25, 0.3) is 0 Å². The summed E-state index contributed by atoms with van der Waals surface area (Å²) in [6.45, 7) is 1.88. The van der Waals surface area contributed by atoms with Crippen molar-refractivity contribution < 1.29 is 9.59 Å². The van der Waals surface area contributed by atoms with E-state index in [1.54, 1.807) is 5.43 Å². The molecule has 0 radical (unpaired) electrons. The molecule has 0 aromatic heterocycles. The molecule has 1 aliphatic rings. The molecule has 4 N–H and O–H groups in total. The Hall–Kier alpha value is -1.10. The van der Waals surface area contributed by atoms with Gasteiger partial charge in [0.1, 0.15) is 0 Å². The van der Waals surface area contributed by atoms with E-state index >= 15 is 0 Å². The van der Waals surface area contributed by atoms with Crippen molar-refractivity contribution in [1.29, 1.82) is 0 Å². The quantitative estimate of drug-likeness (QED) is 0.190. The monoisotopic (exact) mass is 157 g/mol. The summed E-state index contributed by atoms with van der Waals surface area (Å²) >= 11 is 0. The summed E-state index contributed by atoms with van der Waals surface area (Å²) in [5.41, 5.74) is 1.60. The zero-order valence-corrected chi connectivity index (χ0v) is 6.31. The van der Waals surface area contributed by atoms with E-state index in [0.29, 0.717) is 0 Å². The van der Waals surface area contributed by atoms with E-state index < -0.39 is 11.8 Å². The van der Waals surface area contributed by atoms with Crippen molar-refractivity contribution in [3.8, 4) is 0 Å². The molecule has 0 unspecified atom stereocenters. The Kier molecular flexibility index (Phi) is 1.82. The van der Waals surface area contributed by atoms with Crippen molar-refractivity contribution in [2.75, 3.05) is 0 Å². The predicted octanol–water partition coefficient (Wildman–Crippen LogP) is -1.35. The van der Waals surface area contributed by atoms with Crippen LogP contribution in [0.2, 0.25) is 0 Å². The molecular formula is C6H11N3O2. The number of carbonyl (C=O) groups excluding carboxylic acids is 2. The lowest BCUT2D eigenvalue weighted by molar-refractivity contribution is -0.139. The second-order valence-electron chi connectivity index (χ2n) is 2.99. The smallest absolute Gasteiger partial charge is 0.323 e. The van der Waals surface area contributed by atoms with E-state index in [2.05, 4.69) is 5.32 Å². The molecule has 0 heterocycles. The first-order valence-corrected chi connectivity index (χ1v) is 3.40. The van der Waals surface area contributed by atoms with Gasteiger partial charge in [0.2, 0.25) is 0 Å². The van der Waals surface area contributed by atoms with Gasteiger partial charge in [0, 0.05) is 5.54 Å². The van der Waals surface area contributed by atoms with Crippen LogP contribution in [0.3, 0.4) is 0 Å². The van der Waals surface area contributed by atoms with Gasteiger partial charge >= 0.3 is 11.8 Å². The first-order chi connectivity index (χ1) is 5.07. The van der Waals surface area contributed by atoms with E-state index in [4.69, 9.17) is 5.84 Å². The molecule has 0 bridgehead atoms. The standard InChI is InChI=1S/C6H11N3O2/c1-6(2-3-6)8-4(10)5(11)9-7/h2-3,7H2,1H3,(H,8,10)(H,9,11). The van der Waals surface area contributed by atoms with Gasteiger partial charge in [-0.3, -0.25) is 15.0 Å². The fraction of sp³-hybridized carbons (Fsp3) is 0.667. The average Bonchev–Trinajstić information content (AvgIpc) is 2.66. The molecule has 1 aliphatic carbocycles. The van der Waals surface area contributed by atoms with Crippen molar-refractivity contribution in [3.05, 3.63) is 0 Å². The SMILES string of the molecule is CC1(NC(=O)C(=O)NN)CC1. The Balaban J connectivity index is 2.37. The topological polar surface area (TPSA) is 84.2 Å². The minimum Gasteiger partial charge on any atom is -0.343 e. The molecule has 11 heavy (non-hydrogen) atoms. The number of nitrogens with one attached hydrogen (secondary N) is 2. The van der Waals surface area contributed by atoms with Crippen LogP contribution in [-0.4, -0.2) is 17.4 Å². The van der Waals surface area contributed by atoms with E-state index in [9.17, 15) is 9.59 Å². The van der Waals surface area contributed by atoms with Crippen molar-refractivity contribution in [2.45, 2.75) is 25.3 Å². The van der Waals surface area contributed by atoms with Crippen molar-refractivity contribution in [2.24, 2.45) is 5.84 Å². The highest BCUT2D eigenvalue weighted by atomic mass is 16.2. The fourth-order valence-corrected chi connectivity index (χ4v) is 0.709. The van der Waals surface area contributed by atoms with Crippen LogP contribution in [0, 0.1) is 0 Å². The third-order valence-corrected chi connectivity index (χ3v) is 1.75. The molecule has 0 saturated heterocycles. The maximum absolute atomic E-state index is 10.8. The molecule has 5 heteroatoms. The van der Waals surface area contributed by atoms with E-state index in [-0.39, 0.29) is 5.54 Å². The van der Waals surface area contributed by atoms with Gasteiger partial charge in [0.15, 0.2) is 0 Å². The van der Waals surface area contributed by atoms with Gasteiger partial charge in [-0.2, -0.15) is 0 Å². The van der Waals surface area contributed by atoms with E-state index in [0.717, 1.165) is 12.8 Å². The highest BCUT2D eigenvalue weighted by Gasteiger charge is 2.39. The lowest BCUT2D eigenvalue weighted by atomic mass is 10.3. The van der Waals surface area contributed by atoms with Crippen LogP contribution in [0.4, 0.5) is 0 Å². The molecule has 0 spiro atoms. The molecule has 1 saturated carbocycles. The van der Waals surface area contributed by atoms with Gasteiger partial charge in [-0.05, 0) is 19.8 Å². The number of hydrogen-bond acceptors (Lipinski definition) is 3. The number of rotatable bonds is 1. The second-order valence-corrected chi connectivity index (χ2v) is 2.99. The molecule has 1 rings (SSSR count). The Morgan fingerprint density at radius 2 is 1.91 bits per heavy atom. The zero-order chi connectivity index (χ0) is 8.48. The molecule has 0 aliphatic heterocycles. The van der Waals surface area contributed by atoms with Crippen molar-refractivity contribution >= 4 is 11.8 Å². The van der Waals surface area contributed by atoms with Gasteiger partial charge in [0.05, 0.1) is 0 Å². The normalized spacial score (nSPS) is 18.7. The van der Waals surface area contributed by atoms with Crippen LogP contribution < -0.4 is 16.6 Å². The van der Waals surface area contributed by atoms with Crippen LogP contribution >= 0.6 is 0 Å². The first-order valence-electron chi connectivity index (χ1n) is 3.40. The van der Waals surface area contributed by atoms with Crippen molar-refractivity contribution in [3.63, 3.8) is 0 Å².